The van der Waals surface area contributed by atoms with Gasteiger partial charge in [-0.1, -0.05) is 11.6 Å². The second-order valence-electron chi connectivity index (χ2n) is 3.27. The van der Waals surface area contributed by atoms with Crippen molar-refractivity contribution in [2.24, 2.45) is 0 Å². The standard InChI is InChI=1S/C12H5BrClFN2O/c13-9-2-1-8(15)5-10(9)18-12-11(14)7(6-16)3-4-17-12/h1-5H. The van der Waals surface area contributed by atoms with Crippen LogP contribution in [0.3, 0.4) is 0 Å². The van der Waals surface area contributed by atoms with Crippen molar-refractivity contribution in [2.45, 2.75) is 0 Å². The van der Waals surface area contributed by atoms with Crippen molar-refractivity contribution >= 4 is 27.5 Å². The first kappa shape index (κ1) is 12.8. The molecule has 0 radical (unpaired) electrons. The van der Waals surface area contributed by atoms with Crippen molar-refractivity contribution in [1.82, 2.24) is 4.98 Å². The van der Waals surface area contributed by atoms with E-state index in [1.165, 1.54) is 30.5 Å². The molecule has 6 heteroatoms. The summed E-state index contributed by atoms with van der Waals surface area (Å²) in [6, 6.07) is 7.37. The quantitative estimate of drug-likeness (QED) is 0.826. The molecule has 1 aromatic heterocycles. The topological polar surface area (TPSA) is 45.9 Å². The summed E-state index contributed by atoms with van der Waals surface area (Å²) < 4.78 is 19.0. The maximum atomic E-state index is 13.1. The van der Waals surface area contributed by atoms with Crippen LogP contribution in [0.15, 0.2) is 34.9 Å². The summed E-state index contributed by atoms with van der Waals surface area (Å²) >= 11 is 9.15. The number of hydrogen-bond donors (Lipinski definition) is 0. The molecule has 0 aliphatic carbocycles. The Hall–Kier alpha value is -1.64. The van der Waals surface area contributed by atoms with Crippen molar-refractivity contribution in [3.63, 3.8) is 0 Å². The predicted octanol–water partition coefficient (Wildman–Crippen LogP) is 4.30. The third-order valence-corrected chi connectivity index (χ3v) is 3.10. The van der Waals surface area contributed by atoms with Gasteiger partial charge in [0.1, 0.15) is 22.7 Å². The molecule has 2 aromatic rings. The van der Waals surface area contributed by atoms with Gasteiger partial charge in [-0.2, -0.15) is 5.26 Å². The summed E-state index contributed by atoms with van der Waals surface area (Å²) in [7, 11) is 0. The van der Waals surface area contributed by atoms with Gasteiger partial charge in [0.25, 0.3) is 0 Å². The normalized spacial score (nSPS) is 9.89. The van der Waals surface area contributed by atoms with Crippen LogP contribution in [0.1, 0.15) is 5.56 Å². The first-order chi connectivity index (χ1) is 8.61. The van der Waals surface area contributed by atoms with Crippen LogP contribution in [0.5, 0.6) is 11.6 Å². The minimum atomic E-state index is -0.444. The van der Waals surface area contributed by atoms with Gasteiger partial charge in [0.05, 0.1) is 10.0 Å². The highest BCUT2D eigenvalue weighted by molar-refractivity contribution is 9.10. The molecule has 0 aliphatic heterocycles. The Kier molecular flexibility index (Phi) is 3.80. The Bertz CT molecular complexity index is 642. The van der Waals surface area contributed by atoms with E-state index in [-0.39, 0.29) is 22.2 Å². The lowest BCUT2D eigenvalue weighted by molar-refractivity contribution is 0.455. The highest BCUT2D eigenvalue weighted by Crippen LogP contribution is 2.33. The monoisotopic (exact) mass is 326 g/mol. The molecule has 0 fully saturated rings. The summed E-state index contributed by atoms with van der Waals surface area (Å²) in [5, 5.41) is 8.91. The molecule has 0 atom stereocenters. The van der Waals surface area contributed by atoms with Crippen LogP contribution in [-0.2, 0) is 0 Å². The smallest absolute Gasteiger partial charge is 0.239 e. The van der Waals surface area contributed by atoms with Gasteiger partial charge >= 0.3 is 0 Å². The summed E-state index contributed by atoms with van der Waals surface area (Å²) in [5.41, 5.74) is 0.245. The molecule has 0 bridgehead atoms. The van der Waals surface area contributed by atoms with Crippen LogP contribution in [0, 0.1) is 17.1 Å². The van der Waals surface area contributed by atoms with Crippen LogP contribution in [-0.4, -0.2) is 4.98 Å². The number of nitrogens with zero attached hydrogens (tertiary/aromatic N) is 2. The second-order valence-corrected chi connectivity index (χ2v) is 4.50. The summed E-state index contributed by atoms with van der Waals surface area (Å²) in [6.07, 6.45) is 1.40. The van der Waals surface area contributed by atoms with Gasteiger partial charge in [-0.05, 0) is 34.1 Å². The van der Waals surface area contributed by atoms with Crippen molar-refractivity contribution in [3.8, 4) is 17.7 Å². The van der Waals surface area contributed by atoms with E-state index in [9.17, 15) is 4.39 Å². The zero-order chi connectivity index (χ0) is 13.1. The predicted molar refractivity (Wildman–Crippen MR) is 68.1 cm³/mol. The first-order valence-corrected chi connectivity index (χ1v) is 5.96. The van der Waals surface area contributed by atoms with Gasteiger partial charge in [0, 0.05) is 12.3 Å². The summed E-state index contributed by atoms with van der Waals surface area (Å²) in [6.45, 7) is 0. The van der Waals surface area contributed by atoms with Gasteiger partial charge in [0.2, 0.25) is 5.88 Å². The maximum Gasteiger partial charge on any atom is 0.239 e. The first-order valence-electron chi connectivity index (χ1n) is 4.79. The molecule has 0 amide bonds. The average molecular weight is 328 g/mol. The Labute approximate surface area is 116 Å². The van der Waals surface area contributed by atoms with E-state index in [0.717, 1.165) is 0 Å². The van der Waals surface area contributed by atoms with Gasteiger partial charge in [-0.25, -0.2) is 9.37 Å². The van der Waals surface area contributed by atoms with Crippen LogP contribution in [0.4, 0.5) is 4.39 Å². The Balaban J connectivity index is 2.41. The molecule has 0 unspecified atom stereocenters. The van der Waals surface area contributed by atoms with Crippen LogP contribution >= 0.6 is 27.5 Å². The van der Waals surface area contributed by atoms with Gasteiger partial charge in [-0.3, -0.25) is 0 Å². The lowest BCUT2D eigenvalue weighted by Gasteiger charge is -2.08. The van der Waals surface area contributed by atoms with Crippen molar-refractivity contribution < 1.29 is 9.13 Å². The third kappa shape index (κ3) is 2.61. The van der Waals surface area contributed by atoms with Crippen LogP contribution in [0.25, 0.3) is 0 Å². The van der Waals surface area contributed by atoms with Crippen LogP contribution < -0.4 is 4.74 Å². The van der Waals surface area contributed by atoms with E-state index in [4.69, 9.17) is 21.6 Å². The van der Waals surface area contributed by atoms with E-state index >= 15 is 0 Å². The Morgan fingerprint density at radius 1 is 1.39 bits per heavy atom. The fourth-order valence-electron chi connectivity index (χ4n) is 1.24. The van der Waals surface area contributed by atoms with Gasteiger partial charge in [-0.15, -0.1) is 0 Å². The van der Waals surface area contributed by atoms with E-state index < -0.39 is 5.82 Å². The molecular weight excluding hydrogens is 322 g/mol. The lowest BCUT2D eigenvalue weighted by Crippen LogP contribution is -1.92. The number of pyridine rings is 1. The van der Waals surface area contributed by atoms with E-state index in [1.54, 1.807) is 0 Å². The molecule has 0 saturated heterocycles. The molecule has 2 rings (SSSR count). The molecule has 1 heterocycles. The third-order valence-electron chi connectivity index (χ3n) is 2.08. The summed E-state index contributed by atoms with van der Waals surface area (Å²) in [5.74, 6) is -0.151. The van der Waals surface area contributed by atoms with Crippen molar-refractivity contribution in [3.05, 3.63) is 51.3 Å². The molecule has 18 heavy (non-hydrogen) atoms. The second kappa shape index (κ2) is 5.34. The van der Waals surface area contributed by atoms with Crippen molar-refractivity contribution in [2.75, 3.05) is 0 Å². The molecule has 0 spiro atoms. The Morgan fingerprint density at radius 2 is 2.17 bits per heavy atom. The molecular formula is C12H5BrClFN2O. The summed E-state index contributed by atoms with van der Waals surface area (Å²) in [4.78, 5) is 3.90. The average Bonchev–Trinajstić information content (AvgIpc) is 2.36. The minimum absolute atomic E-state index is 0.0574. The maximum absolute atomic E-state index is 13.1. The zero-order valence-corrected chi connectivity index (χ0v) is 11.2. The number of ether oxygens (including phenoxy) is 1. The van der Waals surface area contributed by atoms with Crippen molar-refractivity contribution in [1.29, 1.82) is 5.26 Å². The number of hydrogen-bond acceptors (Lipinski definition) is 3. The number of rotatable bonds is 2. The SMILES string of the molecule is N#Cc1ccnc(Oc2cc(F)ccc2Br)c1Cl. The van der Waals surface area contributed by atoms with E-state index in [1.807, 2.05) is 6.07 Å². The highest BCUT2D eigenvalue weighted by Gasteiger charge is 2.11. The molecule has 0 saturated carbocycles. The largest absolute Gasteiger partial charge is 0.436 e. The molecule has 1 aromatic carbocycles. The van der Waals surface area contributed by atoms with E-state index in [2.05, 4.69) is 20.9 Å². The molecule has 3 nitrogen and oxygen atoms in total. The van der Waals surface area contributed by atoms with Gasteiger partial charge in [0.15, 0.2) is 0 Å². The fraction of sp³-hybridized carbons (Fsp3) is 0. The lowest BCUT2D eigenvalue weighted by atomic mass is 10.3. The number of nitriles is 1. The molecule has 90 valence electrons. The zero-order valence-electron chi connectivity index (χ0n) is 8.82. The fourth-order valence-corrected chi connectivity index (χ4v) is 1.76. The Morgan fingerprint density at radius 3 is 2.89 bits per heavy atom. The van der Waals surface area contributed by atoms with E-state index in [0.29, 0.717) is 4.47 Å². The number of benzene rings is 1. The molecule has 0 N–H and O–H groups in total. The van der Waals surface area contributed by atoms with Gasteiger partial charge < -0.3 is 4.74 Å². The molecule has 0 aliphatic rings. The minimum Gasteiger partial charge on any atom is -0.436 e. The highest BCUT2D eigenvalue weighted by atomic mass is 79.9. The number of aromatic nitrogens is 1. The number of halogens is 3. The van der Waals surface area contributed by atoms with Crippen LogP contribution in [0.2, 0.25) is 5.02 Å².